The highest BCUT2D eigenvalue weighted by atomic mass is 16.5. The molecule has 4 heteroatoms. The summed E-state index contributed by atoms with van der Waals surface area (Å²) in [5.74, 6) is 0.846. The maximum Gasteiger partial charge on any atom is 0.246 e. The summed E-state index contributed by atoms with van der Waals surface area (Å²) in [6.07, 6.45) is 5.65. The van der Waals surface area contributed by atoms with E-state index >= 15 is 0 Å². The number of ether oxygens (including phenoxy) is 1. The molecule has 1 amide bonds. The van der Waals surface area contributed by atoms with Gasteiger partial charge in [-0.05, 0) is 32.0 Å². The summed E-state index contributed by atoms with van der Waals surface area (Å²) < 4.78 is 5.27. The first-order valence-electron chi connectivity index (χ1n) is 7.02. The Hall–Kier alpha value is -1.81. The monoisotopic (exact) mass is 274 g/mol. The summed E-state index contributed by atoms with van der Waals surface area (Å²) >= 11 is 0. The quantitative estimate of drug-likeness (QED) is 0.853. The highest BCUT2D eigenvalue weighted by Crippen LogP contribution is 2.19. The molecule has 1 unspecified atom stereocenters. The number of rotatable bonds is 4. The lowest BCUT2D eigenvalue weighted by Gasteiger charge is -2.31. The zero-order valence-corrected chi connectivity index (χ0v) is 12.1. The third-order valence-corrected chi connectivity index (χ3v) is 3.69. The Morgan fingerprint density at radius 3 is 3.00 bits per heavy atom. The number of amides is 1. The summed E-state index contributed by atoms with van der Waals surface area (Å²) in [6.45, 7) is 1.62. The van der Waals surface area contributed by atoms with Gasteiger partial charge in [0.05, 0.1) is 7.11 Å². The van der Waals surface area contributed by atoms with Crippen LogP contribution in [0.3, 0.4) is 0 Å². The lowest BCUT2D eigenvalue weighted by atomic mass is 10.1. The molecular weight excluding hydrogens is 252 g/mol. The largest absolute Gasteiger partial charge is 0.496 e. The summed E-state index contributed by atoms with van der Waals surface area (Å²) in [7, 11) is 3.58. The van der Waals surface area contributed by atoms with Gasteiger partial charge >= 0.3 is 0 Å². The van der Waals surface area contributed by atoms with E-state index in [0.29, 0.717) is 6.04 Å². The predicted octanol–water partition coefficient (Wildman–Crippen LogP) is 1.92. The average molecular weight is 274 g/mol. The van der Waals surface area contributed by atoms with E-state index in [1.165, 1.54) is 0 Å². The summed E-state index contributed by atoms with van der Waals surface area (Å²) in [5, 5.41) is 3.24. The molecule has 1 aliphatic heterocycles. The van der Waals surface area contributed by atoms with Crippen molar-refractivity contribution in [3.8, 4) is 5.75 Å². The summed E-state index contributed by atoms with van der Waals surface area (Å²) in [6, 6.07) is 8.09. The van der Waals surface area contributed by atoms with Gasteiger partial charge in [0.2, 0.25) is 5.91 Å². The molecule has 0 aromatic heterocycles. The molecule has 20 heavy (non-hydrogen) atoms. The minimum Gasteiger partial charge on any atom is -0.496 e. The van der Waals surface area contributed by atoms with Gasteiger partial charge in [0.25, 0.3) is 0 Å². The highest BCUT2D eigenvalue weighted by Gasteiger charge is 2.20. The first kappa shape index (κ1) is 14.6. The molecule has 1 saturated heterocycles. The Balaban J connectivity index is 2.01. The van der Waals surface area contributed by atoms with Crippen LogP contribution >= 0.6 is 0 Å². The van der Waals surface area contributed by atoms with Gasteiger partial charge in [-0.2, -0.15) is 0 Å². The van der Waals surface area contributed by atoms with Crippen molar-refractivity contribution in [1.29, 1.82) is 0 Å². The lowest BCUT2D eigenvalue weighted by Crippen LogP contribution is -2.46. The van der Waals surface area contributed by atoms with Crippen molar-refractivity contribution in [3.63, 3.8) is 0 Å². The lowest BCUT2D eigenvalue weighted by molar-refractivity contribution is -0.127. The Morgan fingerprint density at radius 2 is 2.25 bits per heavy atom. The molecule has 0 spiro atoms. The Bertz CT molecular complexity index is 485. The number of hydrogen-bond donors (Lipinski definition) is 1. The molecule has 1 fully saturated rings. The van der Waals surface area contributed by atoms with Crippen LogP contribution in [0.25, 0.3) is 6.08 Å². The van der Waals surface area contributed by atoms with Gasteiger partial charge in [0, 0.05) is 30.8 Å². The van der Waals surface area contributed by atoms with Crippen molar-refractivity contribution >= 4 is 12.0 Å². The average Bonchev–Trinajstić information content (AvgIpc) is 2.52. The second-order valence-corrected chi connectivity index (χ2v) is 4.99. The molecule has 0 bridgehead atoms. The van der Waals surface area contributed by atoms with Crippen molar-refractivity contribution in [2.45, 2.75) is 18.9 Å². The number of nitrogens with zero attached hydrogens (tertiary/aromatic N) is 1. The number of likely N-dealkylation sites (N-methyl/N-ethyl adjacent to an activating group) is 1. The minimum absolute atomic E-state index is 0.0656. The molecule has 1 atom stereocenters. The molecule has 1 aliphatic rings. The highest BCUT2D eigenvalue weighted by molar-refractivity contribution is 5.92. The van der Waals surface area contributed by atoms with Gasteiger partial charge in [-0.1, -0.05) is 18.2 Å². The molecule has 1 heterocycles. The molecule has 0 radical (unpaired) electrons. The van der Waals surface area contributed by atoms with Crippen LogP contribution < -0.4 is 10.1 Å². The van der Waals surface area contributed by atoms with Gasteiger partial charge in [0.15, 0.2) is 0 Å². The van der Waals surface area contributed by atoms with Gasteiger partial charge in [-0.25, -0.2) is 0 Å². The van der Waals surface area contributed by atoms with E-state index in [1.54, 1.807) is 13.2 Å². The number of methoxy groups -OCH3 is 1. The second-order valence-electron chi connectivity index (χ2n) is 4.99. The maximum atomic E-state index is 12.2. The molecule has 1 N–H and O–H groups in total. The van der Waals surface area contributed by atoms with E-state index in [9.17, 15) is 4.79 Å². The van der Waals surface area contributed by atoms with Crippen LogP contribution in [0.1, 0.15) is 18.4 Å². The summed E-state index contributed by atoms with van der Waals surface area (Å²) in [5.41, 5.74) is 0.922. The van der Waals surface area contributed by atoms with E-state index in [4.69, 9.17) is 4.74 Å². The normalized spacial score (nSPS) is 19.3. The van der Waals surface area contributed by atoms with E-state index < -0.39 is 0 Å². The maximum absolute atomic E-state index is 12.2. The van der Waals surface area contributed by atoms with Crippen molar-refractivity contribution in [2.24, 2.45) is 0 Å². The molecule has 1 aromatic carbocycles. The van der Waals surface area contributed by atoms with Gasteiger partial charge in [-0.15, -0.1) is 0 Å². The fourth-order valence-electron chi connectivity index (χ4n) is 2.48. The number of para-hydroxylation sites is 1. The van der Waals surface area contributed by atoms with Crippen LogP contribution in [0.15, 0.2) is 30.3 Å². The fourth-order valence-corrected chi connectivity index (χ4v) is 2.48. The zero-order valence-electron chi connectivity index (χ0n) is 12.1. The van der Waals surface area contributed by atoms with Gasteiger partial charge in [-0.3, -0.25) is 4.79 Å². The third kappa shape index (κ3) is 3.61. The molecule has 4 nitrogen and oxygen atoms in total. The van der Waals surface area contributed by atoms with Crippen molar-refractivity contribution in [3.05, 3.63) is 35.9 Å². The van der Waals surface area contributed by atoms with Crippen molar-refractivity contribution in [1.82, 2.24) is 10.2 Å². The first-order chi connectivity index (χ1) is 9.74. The number of hydrogen-bond acceptors (Lipinski definition) is 3. The Labute approximate surface area is 120 Å². The number of carbonyl (C=O) groups excluding carboxylic acids is 1. The SMILES string of the molecule is CNC1CCCN(C(=O)/C=C/c2ccccc2OC)C1. The molecule has 0 aliphatic carbocycles. The van der Waals surface area contributed by atoms with Crippen LogP contribution in [0.2, 0.25) is 0 Å². The predicted molar refractivity (Wildman–Crippen MR) is 80.7 cm³/mol. The van der Waals surface area contributed by atoms with E-state index in [2.05, 4.69) is 5.32 Å². The van der Waals surface area contributed by atoms with E-state index in [1.807, 2.05) is 42.3 Å². The standard InChI is InChI=1S/C16H22N2O2/c1-17-14-7-5-11-18(12-14)16(19)10-9-13-6-3-4-8-15(13)20-2/h3-4,6,8-10,14,17H,5,7,11-12H2,1-2H3/b10-9+. The molecular formula is C16H22N2O2. The molecule has 108 valence electrons. The smallest absolute Gasteiger partial charge is 0.246 e. The molecule has 1 aromatic rings. The second kappa shape index (κ2) is 7.10. The summed E-state index contributed by atoms with van der Waals surface area (Å²) in [4.78, 5) is 14.1. The van der Waals surface area contributed by atoms with Crippen LogP contribution in [0.4, 0.5) is 0 Å². The topological polar surface area (TPSA) is 41.6 Å². The van der Waals surface area contributed by atoms with Crippen LogP contribution in [-0.2, 0) is 4.79 Å². The number of nitrogens with one attached hydrogen (secondary N) is 1. The van der Waals surface area contributed by atoms with E-state index in [-0.39, 0.29) is 5.91 Å². The van der Waals surface area contributed by atoms with Crippen LogP contribution in [0.5, 0.6) is 5.75 Å². The number of piperidine rings is 1. The zero-order chi connectivity index (χ0) is 14.4. The number of carbonyl (C=O) groups is 1. The third-order valence-electron chi connectivity index (χ3n) is 3.69. The Kier molecular flexibility index (Phi) is 5.18. The van der Waals surface area contributed by atoms with E-state index in [0.717, 1.165) is 37.2 Å². The van der Waals surface area contributed by atoms with Gasteiger partial charge < -0.3 is 15.0 Å². The van der Waals surface area contributed by atoms with Crippen LogP contribution in [0, 0.1) is 0 Å². The Morgan fingerprint density at radius 1 is 1.45 bits per heavy atom. The fraction of sp³-hybridized carbons (Fsp3) is 0.438. The van der Waals surface area contributed by atoms with Crippen molar-refractivity contribution < 1.29 is 9.53 Å². The minimum atomic E-state index is 0.0656. The molecule has 2 rings (SSSR count). The number of likely N-dealkylation sites (tertiary alicyclic amines) is 1. The van der Waals surface area contributed by atoms with Gasteiger partial charge in [0.1, 0.15) is 5.75 Å². The number of benzene rings is 1. The van der Waals surface area contributed by atoms with Crippen molar-refractivity contribution in [2.75, 3.05) is 27.2 Å². The van der Waals surface area contributed by atoms with Crippen LogP contribution in [-0.4, -0.2) is 44.1 Å². The molecule has 0 saturated carbocycles. The first-order valence-corrected chi connectivity index (χ1v) is 7.02.